The molecule has 3 N–H and O–H groups in total. The number of benzene rings is 2. The first-order valence-electron chi connectivity index (χ1n) is 14.2. The first kappa shape index (κ1) is 28.0. The Morgan fingerprint density at radius 2 is 1.61 bits per heavy atom. The SMILES string of the molecule is O=C(NCCc1ccccc1)[C@H](CC1CCCCC1)N1C(=O)C[C@@H](CC(CCNO)c2ccccc2)C1=O. The van der Waals surface area contributed by atoms with Gasteiger partial charge in [0.15, 0.2) is 0 Å². The number of hydroxylamine groups is 1. The molecular weight excluding hydrogens is 478 g/mol. The van der Waals surface area contributed by atoms with Crippen LogP contribution in [-0.2, 0) is 20.8 Å². The van der Waals surface area contributed by atoms with Crippen LogP contribution in [0, 0.1) is 11.8 Å². The molecule has 1 saturated carbocycles. The van der Waals surface area contributed by atoms with E-state index in [1.165, 1.54) is 11.3 Å². The molecule has 2 aliphatic rings. The van der Waals surface area contributed by atoms with Gasteiger partial charge >= 0.3 is 0 Å². The monoisotopic (exact) mass is 519 g/mol. The van der Waals surface area contributed by atoms with E-state index in [-0.39, 0.29) is 30.1 Å². The Hall–Kier alpha value is -3.03. The minimum absolute atomic E-state index is 0.0223. The second-order valence-corrected chi connectivity index (χ2v) is 10.8. The van der Waals surface area contributed by atoms with Crippen LogP contribution in [-0.4, -0.2) is 47.0 Å². The summed E-state index contributed by atoms with van der Waals surface area (Å²) >= 11 is 0. The predicted molar refractivity (Wildman–Crippen MR) is 146 cm³/mol. The molecule has 3 amide bonds. The summed E-state index contributed by atoms with van der Waals surface area (Å²) in [6.07, 6.45) is 8.08. The van der Waals surface area contributed by atoms with Crippen LogP contribution in [0.2, 0.25) is 0 Å². The van der Waals surface area contributed by atoms with Gasteiger partial charge in [-0.3, -0.25) is 19.3 Å². The minimum Gasteiger partial charge on any atom is -0.354 e. The molecule has 0 spiro atoms. The van der Waals surface area contributed by atoms with Crippen LogP contribution in [0.25, 0.3) is 0 Å². The van der Waals surface area contributed by atoms with Crippen LogP contribution in [0.1, 0.15) is 74.8 Å². The Balaban J connectivity index is 1.46. The quantitative estimate of drug-likeness (QED) is 0.265. The molecule has 1 saturated heterocycles. The molecule has 204 valence electrons. The summed E-state index contributed by atoms with van der Waals surface area (Å²) in [5.41, 5.74) is 4.43. The van der Waals surface area contributed by atoms with Crippen molar-refractivity contribution in [1.29, 1.82) is 0 Å². The smallest absolute Gasteiger partial charge is 0.243 e. The molecule has 0 bridgehead atoms. The topological polar surface area (TPSA) is 98.7 Å². The molecule has 2 fully saturated rings. The Morgan fingerprint density at radius 3 is 2.29 bits per heavy atom. The van der Waals surface area contributed by atoms with Gasteiger partial charge in [0.05, 0.1) is 0 Å². The molecule has 0 aromatic heterocycles. The first-order chi connectivity index (χ1) is 18.6. The van der Waals surface area contributed by atoms with Gasteiger partial charge in [0.25, 0.3) is 0 Å². The third-order valence-electron chi connectivity index (χ3n) is 8.17. The fourth-order valence-corrected chi connectivity index (χ4v) is 6.12. The fraction of sp³-hybridized carbons (Fsp3) is 0.516. The predicted octanol–water partition coefficient (Wildman–Crippen LogP) is 4.60. The number of hydrogen-bond acceptors (Lipinski definition) is 5. The summed E-state index contributed by atoms with van der Waals surface area (Å²) in [5, 5.41) is 12.2. The van der Waals surface area contributed by atoms with E-state index in [9.17, 15) is 14.4 Å². The van der Waals surface area contributed by atoms with Crippen molar-refractivity contribution in [3.8, 4) is 0 Å². The first-order valence-corrected chi connectivity index (χ1v) is 14.2. The normalized spacial score (nSPS) is 19.9. The van der Waals surface area contributed by atoms with Gasteiger partial charge in [-0.1, -0.05) is 92.8 Å². The van der Waals surface area contributed by atoms with Gasteiger partial charge in [0.2, 0.25) is 17.7 Å². The largest absolute Gasteiger partial charge is 0.354 e. The van der Waals surface area contributed by atoms with E-state index in [4.69, 9.17) is 5.21 Å². The van der Waals surface area contributed by atoms with Crippen molar-refractivity contribution in [3.63, 3.8) is 0 Å². The Morgan fingerprint density at radius 1 is 0.921 bits per heavy atom. The number of amides is 3. The maximum Gasteiger partial charge on any atom is 0.243 e. The van der Waals surface area contributed by atoms with Crippen LogP contribution < -0.4 is 10.8 Å². The molecule has 3 atom stereocenters. The molecule has 4 rings (SSSR count). The summed E-state index contributed by atoms with van der Waals surface area (Å²) in [4.78, 5) is 41.8. The van der Waals surface area contributed by atoms with E-state index in [1.54, 1.807) is 0 Å². The second-order valence-electron chi connectivity index (χ2n) is 10.8. The Kier molecular flexibility index (Phi) is 10.5. The van der Waals surface area contributed by atoms with Crippen molar-refractivity contribution in [2.24, 2.45) is 11.8 Å². The van der Waals surface area contributed by atoms with Crippen LogP contribution >= 0.6 is 0 Å². The van der Waals surface area contributed by atoms with Gasteiger partial charge < -0.3 is 10.5 Å². The van der Waals surface area contributed by atoms with Gasteiger partial charge in [-0.15, -0.1) is 0 Å². The highest BCUT2D eigenvalue weighted by molar-refractivity contribution is 6.07. The lowest BCUT2D eigenvalue weighted by Crippen LogP contribution is -2.51. The number of carbonyl (C=O) groups is 3. The standard InChI is InChI=1S/C31H41N3O4/c35-29-22-27(21-26(17-19-33-38)25-14-8-3-9-15-25)31(37)34(29)28(20-24-12-6-2-7-13-24)30(36)32-18-16-23-10-4-1-5-11-23/h1,3-5,8-11,14-15,24,26-28,33,38H,2,6-7,12-13,16-22H2,(H,32,36)/t26?,27-,28+/m1/s1. The molecule has 1 heterocycles. The van der Waals surface area contributed by atoms with Crippen molar-refractivity contribution in [2.45, 2.75) is 76.2 Å². The molecule has 1 aliphatic carbocycles. The maximum absolute atomic E-state index is 13.7. The molecular formula is C31H41N3O4. The number of likely N-dealkylation sites (tertiary alicyclic amines) is 1. The van der Waals surface area contributed by atoms with E-state index < -0.39 is 12.0 Å². The molecule has 2 aromatic carbocycles. The van der Waals surface area contributed by atoms with Gasteiger partial charge in [0.1, 0.15) is 6.04 Å². The highest BCUT2D eigenvalue weighted by Gasteiger charge is 2.45. The van der Waals surface area contributed by atoms with Gasteiger partial charge in [-0.05, 0) is 48.6 Å². The molecule has 1 aliphatic heterocycles. The summed E-state index contributed by atoms with van der Waals surface area (Å²) in [6.45, 7) is 0.861. The molecule has 7 nitrogen and oxygen atoms in total. The number of imide groups is 1. The van der Waals surface area contributed by atoms with Crippen LogP contribution in [0.4, 0.5) is 0 Å². The zero-order chi connectivity index (χ0) is 26.7. The van der Waals surface area contributed by atoms with Crippen molar-refractivity contribution in [1.82, 2.24) is 15.7 Å². The lowest BCUT2D eigenvalue weighted by molar-refractivity contribution is -0.148. The zero-order valence-corrected chi connectivity index (χ0v) is 22.2. The third-order valence-corrected chi connectivity index (χ3v) is 8.17. The lowest BCUT2D eigenvalue weighted by atomic mass is 9.84. The molecule has 0 radical (unpaired) electrons. The maximum atomic E-state index is 13.7. The van der Waals surface area contributed by atoms with Crippen molar-refractivity contribution >= 4 is 17.7 Å². The van der Waals surface area contributed by atoms with Gasteiger partial charge in [0, 0.05) is 25.4 Å². The van der Waals surface area contributed by atoms with E-state index in [0.29, 0.717) is 44.7 Å². The number of hydrogen-bond donors (Lipinski definition) is 3. The highest BCUT2D eigenvalue weighted by atomic mass is 16.5. The molecule has 2 aromatic rings. The number of nitrogens with one attached hydrogen (secondary N) is 2. The summed E-state index contributed by atoms with van der Waals surface area (Å²) in [7, 11) is 0. The molecule has 1 unspecified atom stereocenters. The second kappa shape index (κ2) is 14.2. The van der Waals surface area contributed by atoms with Crippen molar-refractivity contribution < 1.29 is 19.6 Å². The average molecular weight is 520 g/mol. The highest BCUT2D eigenvalue weighted by Crippen LogP contribution is 2.36. The average Bonchev–Trinajstić information content (AvgIpc) is 3.23. The van der Waals surface area contributed by atoms with Crippen molar-refractivity contribution in [3.05, 3.63) is 71.8 Å². The molecule has 38 heavy (non-hydrogen) atoms. The number of rotatable bonds is 13. The number of carbonyl (C=O) groups excluding carboxylic acids is 3. The number of nitrogens with zero attached hydrogens (tertiary/aromatic N) is 1. The Labute approximate surface area is 226 Å². The van der Waals surface area contributed by atoms with E-state index in [2.05, 4.69) is 10.8 Å². The summed E-state index contributed by atoms with van der Waals surface area (Å²) in [6, 6.07) is 19.1. The summed E-state index contributed by atoms with van der Waals surface area (Å²) in [5.74, 6) is -0.789. The van der Waals surface area contributed by atoms with E-state index in [1.807, 2.05) is 60.7 Å². The van der Waals surface area contributed by atoms with E-state index >= 15 is 0 Å². The molecule has 7 heteroatoms. The van der Waals surface area contributed by atoms with Crippen LogP contribution in [0.5, 0.6) is 0 Å². The van der Waals surface area contributed by atoms with Crippen LogP contribution in [0.15, 0.2) is 60.7 Å². The summed E-state index contributed by atoms with van der Waals surface area (Å²) < 4.78 is 0. The van der Waals surface area contributed by atoms with Gasteiger partial charge in [-0.2, -0.15) is 0 Å². The lowest BCUT2D eigenvalue weighted by Gasteiger charge is -2.31. The minimum atomic E-state index is -0.756. The zero-order valence-electron chi connectivity index (χ0n) is 22.2. The van der Waals surface area contributed by atoms with Crippen LogP contribution in [0.3, 0.4) is 0 Å². The third kappa shape index (κ3) is 7.51. The van der Waals surface area contributed by atoms with Crippen molar-refractivity contribution in [2.75, 3.05) is 13.1 Å². The van der Waals surface area contributed by atoms with Gasteiger partial charge in [-0.25, -0.2) is 5.48 Å². The fourth-order valence-electron chi connectivity index (χ4n) is 6.12. The Bertz CT molecular complexity index is 1040. The van der Waals surface area contributed by atoms with E-state index in [0.717, 1.165) is 36.8 Å².